The standard InChI is InChI=1S/C14H18FNO2/c1-9-7-10(3-6-13(9)15)14(17)16-11-4-5-12(8-11)18-2/h3,6-7,11-12H,4-5,8H2,1-2H3,(H,16,17). The van der Waals surface area contributed by atoms with Crippen LogP contribution < -0.4 is 5.32 Å². The highest BCUT2D eigenvalue weighted by molar-refractivity contribution is 5.94. The van der Waals surface area contributed by atoms with Gasteiger partial charge in [-0.15, -0.1) is 0 Å². The van der Waals surface area contributed by atoms with Crippen LogP contribution in [0.15, 0.2) is 18.2 Å². The van der Waals surface area contributed by atoms with E-state index in [0.29, 0.717) is 11.1 Å². The quantitative estimate of drug-likeness (QED) is 0.896. The highest BCUT2D eigenvalue weighted by Crippen LogP contribution is 2.21. The van der Waals surface area contributed by atoms with E-state index in [1.807, 2.05) is 0 Å². The van der Waals surface area contributed by atoms with Crippen molar-refractivity contribution in [3.8, 4) is 0 Å². The fraction of sp³-hybridized carbons (Fsp3) is 0.500. The molecule has 0 radical (unpaired) electrons. The molecule has 98 valence electrons. The van der Waals surface area contributed by atoms with Gasteiger partial charge >= 0.3 is 0 Å². The lowest BCUT2D eigenvalue weighted by atomic mass is 10.1. The summed E-state index contributed by atoms with van der Waals surface area (Å²) in [6.45, 7) is 1.66. The zero-order chi connectivity index (χ0) is 13.1. The Morgan fingerprint density at radius 1 is 1.44 bits per heavy atom. The van der Waals surface area contributed by atoms with Crippen molar-refractivity contribution >= 4 is 5.91 Å². The summed E-state index contributed by atoms with van der Waals surface area (Å²) in [7, 11) is 1.69. The molecule has 0 heterocycles. The van der Waals surface area contributed by atoms with Crippen molar-refractivity contribution in [2.75, 3.05) is 7.11 Å². The summed E-state index contributed by atoms with van der Waals surface area (Å²) in [5.41, 5.74) is 0.999. The van der Waals surface area contributed by atoms with Crippen LogP contribution in [0.2, 0.25) is 0 Å². The Morgan fingerprint density at radius 3 is 2.83 bits per heavy atom. The predicted octanol–water partition coefficient (Wildman–Crippen LogP) is 2.43. The fourth-order valence-corrected chi connectivity index (χ4v) is 2.34. The van der Waals surface area contributed by atoms with Crippen molar-refractivity contribution in [1.82, 2.24) is 5.32 Å². The number of nitrogens with one attached hydrogen (secondary N) is 1. The Hall–Kier alpha value is -1.42. The molecule has 0 saturated heterocycles. The molecule has 1 aromatic rings. The van der Waals surface area contributed by atoms with Gasteiger partial charge in [0.25, 0.3) is 5.91 Å². The van der Waals surface area contributed by atoms with E-state index in [-0.39, 0.29) is 23.9 Å². The Bertz CT molecular complexity index is 447. The lowest BCUT2D eigenvalue weighted by Crippen LogP contribution is -2.33. The molecular weight excluding hydrogens is 233 g/mol. The third-order valence-corrected chi connectivity index (χ3v) is 3.47. The molecule has 0 aromatic heterocycles. The molecule has 1 aromatic carbocycles. The third-order valence-electron chi connectivity index (χ3n) is 3.47. The minimum absolute atomic E-state index is 0.139. The smallest absolute Gasteiger partial charge is 0.251 e. The van der Waals surface area contributed by atoms with Crippen LogP contribution in [0.5, 0.6) is 0 Å². The first-order valence-corrected chi connectivity index (χ1v) is 6.20. The van der Waals surface area contributed by atoms with Crippen LogP contribution in [-0.2, 0) is 4.74 Å². The summed E-state index contributed by atoms with van der Waals surface area (Å²) in [5.74, 6) is -0.424. The van der Waals surface area contributed by atoms with Gasteiger partial charge in [0.05, 0.1) is 6.10 Å². The van der Waals surface area contributed by atoms with Gasteiger partial charge in [-0.3, -0.25) is 4.79 Å². The topological polar surface area (TPSA) is 38.3 Å². The molecule has 0 aliphatic heterocycles. The van der Waals surface area contributed by atoms with Crippen LogP contribution >= 0.6 is 0 Å². The molecule has 1 N–H and O–H groups in total. The molecular formula is C14H18FNO2. The van der Waals surface area contributed by atoms with Gasteiger partial charge in [0.1, 0.15) is 5.82 Å². The molecule has 1 saturated carbocycles. The van der Waals surface area contributed by atoms with Crippen LogP contribution in [0.4, 0.5) is 4.39 Å². The summed E-state index contributed by atoms with van der Waals surface area (Å²) >= 11 is 0. The van der Waals surface area contributed by atoms with Gasteiger partial charge in [-0.2, -0.15) is 0 Å². The van der Waals surface area contributed by atoms with Crippen molar-refractivity contribution in [3.05, 3.63) is 35.1 Å². The van der Waals surface area contributed by atoms with Gasteiger partial charge in [-0.1, -0.05) is 0 Å². The molecule has 1 amide bonds. The average molecular weight is 251 g/mol. The van der Waals surface area contributed by atoms with Gasteiger partial charge in [-0.05, 0) is 49.9 Å². The Labute approximate surface area is 106 Å². The Kier molecular flexibility index (Phi) is 3.97. The molecule has 2 unspecified atom stereocenters. The molecule has 18 heavy (non-hydrogen) atoms. The lowest BCUT2D eigenvalue weighted by molar-refractivity contribution is 0.0915. The number of hydrogen-bond donors (Lipinski definition) is 1. The van der Waals surface area contributed by atoms with Gasteiger partial charge in [0.2, 0.25) is 0 Å². The van der Waals surface area contributed by atoms with Gasteiger partial charge in [0, 0.05) is 18.7 Å². The predicted molar refractivity (Wildman–Crippen MR) is 67.0 cm³/mol. The maximum absolute atomic E-state index is 13.1. The van der Waals surface area contributed by atoms with E-state index in [9.17, 15) is 9.18 Å². The summed E-state index contributed by atoms with van der Waals surface area (Å²) < 4.78 is 18.4. The number of aryl methyl sites for hydroxylation is 1. The number of rotatable bonds is 3. The number of halogens is 1. The van der Waals surface area contributed by atoms with E-state index < -0.39 is 0 Å². The Morgan fingerprint density at radius 2 is 2.22 bits per heavy atom. The fourth-order valence-electron chi connectivity index (χ4n) is 2.34. The highest BCUT2D eigenvalue weighted by Gasteiger charge is 2.25. The van der Waals surface area contributed by atoms with Crippen molar-refractivity contribution in [3.63, 3.8) is 0 Å². The molecule has 2 atom stereocenters. The number of ether oxygens (including phenoxy) is 1. The van der Waals surface area contributed by atoms with Crippen LogP contribution in [0.25, 0.3) is 0 Å². The molecule has 2 rings (SSSR count). The van der Waals surface area contributed by atoms with Crippen LogP contribution in [0.1, 0.15) is 35.2 Å². The van der Waals surface area contributed by atoms with Crippen molar-refractivity contribution in [2.24, 2.45) is 0 Å². The number of carbonyl (C=O) groups is 1. The van der Waals surface area contributed by atoms with Crippen molar-refractivity contribution in [2.45, 2.75) is 38.3 Å². The third kappa shape index (κ3) is 2.88. The molecule has 3 nitrogen and oxygen atoms in total. The van der Waals surface area contributed by atoms with E-state index in [2.05, 4.69) is 5.32 Å². The molecule has 1 fully saturated rings. The second kappa shape index (κ2) is 5.48. The number of amides is 1. The van der Waals surface area contributed by atoms with E-state index in [1.54, 1.807) is 20.1 Å². The number of methoxy groups -OCH3 is 1. The molecule has 0 bridgehead atoms. The zero-order valence-corrected chi connectivity index (χ0v) is 10.7. The summed E-state index contributed by atoms with van der Waals surface area (Å²) in [4.78, 5) is 12.0. The SMILES string of the molecule is COC1CCC(NC(=O)c2ccc(F)c(C)c2)C1. The maximum Gasteiger partial charge on any atom is 0.251 e. The lowest BCUT2D eigenvalue weighted by Gasteiger charge is -2.13. The van der Waals surface area contributed by atoms with Crippen LogP contribution in [0.3, 0.4) is 0 Å². The van der Waals surface area contributed by atoms with Crippen LogP contribution in [0, 0.1) is 12.7 Å². The normalized spacial score (nSPS) is 23.1. The van der Waals surface area contributed by atoms with E-state index >= 15 is 0 Å². The minimum Gasteiger partial charge on any atom is -0.381 e. The first kappa shape index (κ1) is 13.0. The molecule has 1 aliphatic carbocycles. The molecule has 0 spiro atoms. The number of benzene rings is 1. The maximum atomic E-state index is 13.1. The second-order valence-electron chi connectivity index (χ2n) is 4.81. The van der Waals surface area contributed by atoms with Crippen LogP contribution in [-0.4, -0.2) is 25.2 Å². The van der Waals surface area contributed by atoms with Gasteiger partial charge in [-0.25, -0.2) is 4.39 Å². The van der Waals surface area contributed by atoms with Crippen molar-refractivity contribution in [1.29, 1.82) is 0 Å². The average Bonchev–Trinajstić information content (AvgIpc) is 2.80. The molecule has 1 aliphatic rings. The first-order chi connectivity index (χ1) is 8.60. The van der Waals surface area contributed by atoms with Gasteiger partial charge in [0.15, 0.2) is 0 Å². The number of hydrogen-bond acceptors (Lipinski definition) is 2. The summed E-state index contributed by atoms with van der Waals surface area (Å²) in [5, 5.41) is 2.96. The number of carbonyl (C=O) groups excluding carboxylic acids is 1. The zero-order valence-electron chi connectivity index (χ0n) is 10.7. The van der Waals surface area contributed by atoms with Gasteiger partial charge < -0.3 is 10.1 Å². The monoisotopic (exact) mass is 251 g/mol. The van der Waals surface area contributed by atoms with E-state index in [1.165, 1.54) is 12.1 Å². The Balaban J connectivity index is 1.97. The summed E-state index contributed by atoms with van der Waals surface area (Å²) in [6.07, 6.45) is 3.00. The minimum atomic E-state index is -0.285. The highest BCUT2D eigenvalue weighted by atomic mass is 19.1. The largest absolute Gasteiger partial charge is 0.381 e. The summed E-state index contributed by atoms with van der Waals surface area (Å²) in [6, 6.07) is 4.58. The second-order valence-corrected chi connectivity index (χ2v) is 4.81. The first-order valence-electron chi connectivity index (χ1n) is 6.20. The van der Waals surface area contributed by atoms with E-state index in [4.69, 9.17) is 4.74 Å². The molecule has 4 heteroatoms. The van der Waals surface area contributed by atoms with Crippen molar-refractivity contribution < 1.29 is 13.9 Å². The van der Waals surface area contributed by atoms with E-state index in [0.717, 1.165) is 19.3 Å².